The van der Waals surface area contributed by atoms with Crippen LogP contribution in [0.1, 0.15) is 79.8 Å². The summed E-state index contributed by atoms with van der Waals surface area (Å²) in [5, 5.41) is 8.63. The molecule has 0 bridgehead atoms. The van der Waals surface area contributed by atoms with Gasteiger partial charge in [0.1, 0.15) is 23.0 Å². The van der Waals surface area contributed by atoms with E-state index in [0.717, 1.165) is 87.5 Å². The van der Waals surface area contributed by atoms with Gasteiger partial charge in [-0.2, -0.15) is 4.99 Å². The molecule has 5 N–H and O–H groups in total. The molecule has 2 aliphatic heterocycles. The van der Waals surface area contributed by atoms with Crippen LogP contribution in [0.5, 0.6) is 28.7 Å². The zero-order chi connectivity index (χ0) is 58.5. The second kappa shape index (κ2) is 30.9. The maximum atomic E-state index is 13.7. The summed E-state index contributed by atoms with van der Waals surface area (Å²) < 4.78 is 19.6. The summed E-state index contributed by atoms with van der Waals surface area (Å²) in [6, 6.07) is 42.1. The van der Waals surface area contributed by atoms with E-state index in [9.17, 15) is 19.2 Å². The fourth-order valence-corrected chi connectivity index (χ4v) is 9.68. The lowest BCUT2D eigenvalue weighted by Crippen LogP contribution is -2.37. The van der Waals surface area contributed by atoms with Crippen LogP contribution in [-0.4, -0.2) is 98.1 Å². The number of nitrogens with zero attached hydrogens (tertiary/aromatic N) is 4. The molecular weight excluding hydrogens is 1160 g/mol. The monoisotopic (exact) mass is 1230 g/mol. The van der Waals surface area contributed by atoms with Gasteiger partial charge in [0.15, 0.2) is 5.75 Å². The smallest absolute Gasteiger partial charge is 0.323 e. The second-order valence-electron chi connectivity index (χ2n) is 20.3. The zero-order valence-corrected chi connectivity index (χ0v) is 50.6. The summed E-state index contributed by atoms with van der Waals surface area (Å²) in [6.07, 6.45) is 6.34. The van der Waals surface area contributed by atoms with Crippen molar-refractivity contribution in [1.29, 1.82) is 0 Å². The van der Waals surface area contributed by atoms with Gasteiger partial charge in [-0.05, 0) is 230 Å². The molecule has 82 heavy (non-hydrogen) atoms. The van der Waals surface area contributed by atoms with Crippen molar-refractivity contribution < 1.29 is 33.4 Å². The van der Waals surface area contributed by atoms with Crippen molar-refractivity contribution in [2.45, 2.75) is 66.8 Å². The molecule has 9 rings (SSSR count). The first-order valence-electron chi connectivity index (χ1n) is 27.4. The van der Waals surface area contributed by atoms with Gasteiger partial charge in [0.2, 0.25) is 6.08 Å². The maximum Gasteiger partial charge on any atom is 0.323 e. The molecule has 0 aliphatic carbocycles. The van der Waals surface area contributed by atoms with E-state index in [1.807, 2.05) is 105 Å². The first-order chi connectivity index (χ1) is 39.5. The molecule has 0 aromatic heterocycles. The maximum absolute atomic E-state index is 13.7. The van der Waals surface area contributed by atoms with Gasteiger partial charge in [-0.1, -0.05) is 56.1 Å². The van der Waals surface area contributed by atoms with E-state index in [2.05, 4.69) is 75.6 Å². The van der Waals surface area contributed by atoms with E-state index in [1.54, 1.807) is 67.8 Å². The SMILES string of the molecule is COc1cc(C)ccc1CN(CCN1CCCC1)C(=O)c1ccc(Oc2ccc(C)c(C)c2)c(N)c1.Cc1ccc(Oc2ccc(C(=O)NCCN3CCCC3)cc2NC(=O)Nc2ccc(Br)cc2)cc1C.O=C=Nc1ccc(Br)cc1. The van der Waals surface area contributed by atoms with Crippen LogP contribution in [0.3, 0.4) is 0 Å². The summed E-state index contributed by atoms with van der Waals surface area (Å²) in [5.74, 6) is 2.91. The van der Waals surface area contributed by atoms with Crippen LogP contribution < -0.4 is 35.9 Å². The van der Waals surface area contributed by atoms with Crippen LogP contribution in [0.25, 0.3) is 0 Å². The van der Waals surface area contributed by atoms with Gasteiger partial charge in [-0.3, -0.25) is 9.59 Å². The average Bonchev–Trinajstić information content (AvgIpc) is 4.30. The lowest BCUT2D eigenvalue weighted by molar-refractivity contribution is 0.0725. The van der Waals surface area contributed by atoms with Crippen molar-refractivity contribution in [3.63, 3.8) is 0 Å². The summed E-state index contributed by atoms with van der Waals surface area (Å²) >= 11 is 6.65. The number of benzene rings is 7. The van der Waals surface area contributed by atoms with Gasteiger partial charge in [0.05, 0.1) is 24.2 Å². The third-order valence-electron chi connectivity index (χ3n) is 14.2. The molecule has 7 aromatic rings. The minimum Gasteiger partial charge on any atom is -0.496 e. The minimum absolute atomic E-state index is 0.0544. The van der Waals surface area contributed by atoms with Crippen LogP contribution in [0.15, 0.2) is 153 Å². The summed E-state index contributed by atoms with van der Waals surface area (Å²) in [6.45, 7) is 17.9. The van der Waals surface area contributed by atoms with Crippen molar-refractivity contribution in [2.75, 3.05) is 75.8 Å². The Hall–Kier alpha value is -7.79. The number of rotatable bonds is 18. The topological polar surface area (TPSA) is 180 Å². The van der Waals surface area contributed by atoms with Crippen molar-refractivity contribution in [3.05, 3.63) is 193 Å². The largest absolute Gasteiger partial charge is 0.496 e. The Morgan fingerprint density at radius 1 is 0.622 bits per heavy atom. The Kier molecular flexibility index (Phi) is 23.3. The van der Waals surface area contributed by atoms with Crippen LogP contribution in [-0.2, 0) is 11.3 Å². The molecule has 4 amide bonds. The van der Waals surface area contributed by atoms with Gasteiger partial charge >= 0.3 is 6.03 Å². The number of carbonyl (C=O) groups excluding carboxylic acids is 4. The highest BCUT2D eigenvalue weighted by atomic mass is 79.9. The van der Waals surface area contributed by atoms with Gasteiger partial charge in [0, 0.05) is 64.0 Å². The van der Waals surface area contributed by atoms with Crippen LogP contribution in [0.2, 0.25) is 0 Å². The number of nitrogens with one attached hydrogen (secondary N) is 3. The number of likely N-dealkylation sites (tertiary alicyclic amines) is 2. The van der Waals surface area contributed by atoms with E-state index in [-0.39, 0.29) is 11.8 Å². The third kappa shape index (κ3) is 18.9. The van der Waals surface area contributed by atoms with Gasteiger partial charge in [0.25, 0.3) is 11.8 Å². The molecule has 0 atom stereocenters. The highest BCUT2D eigenvalue weighted by molar-refractivity contribution is 9.10. The van der Waals surface area contributed by atoms with Gasteiger partial charge < -0.3 is 50.6 Å². The Labute approximate surface area is 498 Å². The van der Waals surface area contributed by atoms with E-state index >= 15 is 0 Å². The Bertz CT molecular complexity index is 3340. The van der Waals surface area contributed by atoms with Crippen LogP contribution in [0, 0.1) is 34.6 Å². The van der Waals surface area contributed by atoms with Crippen molar-refractivity contribution in [2.24, 2.45) is 4.99 Å². The number of ether oxygens (including phenoxy) is 3. The van der Waals surface area contributed by atoms with Crippen molar-refractivity contribution in [1.82, 2.24) is 20.0 Å². The number of aryl methyl sites for hydroxylation is 5. The van der Waals surface area contributed by atoms with Crippen LogP contribution >= 0.6 is 31.9 Å². The number of amides is 4. The fourth-order valence-electron chi connectivity index (χ4n) is 9.15. The quantitative estimate of drug-likeness (QED) is 0.0367. The molecule has 7 aromatic carbocycles. The van der Waals surface area contributed by atoms with Gasteiger partial charge in [-0.15, -0.1) is 0 Å². The Morgan fingerprint density at radius 2 is 1.20 bits per heavy atom. The van der Waals surface area contributed by atoms with Crippen LogP contribution in [0.4, 0.5) is 27.5 Å². The summed E-state index contributed by atoms with van der Waals surface area (Å²) in [4.78, 5) is 59.1. The normalized spacial score (nSPS) is 12.8. The molecule has 2 fully saturated rings. The molecule has 0 saturated carbocycles. The molecule has 0 unspecified atom stereocenters. The van der Waals surface area contributed by atoms with E-state index in [4.69, 9.17) is 19.9 Å². The molecule has 15 nitrogen and oxygen atoms in total. The predicted octanol–water partition coefficient (Wildman–Crippen LogP) is 14.5. The van der Waals surface area contributed by atoms with E-state index in [0.29, 0.717) is 70.8 Å². The summed E-state index contributed by atoms with van der Waals surface area (Å²) in [5.41, 5.74) is 16.2. The Morgan fingerprint density at radius 3 is 1.78 bits per heavy atom. The average molecular weight is 1240 g/mol. The number of halogens is 2. The number of hydrogen-bond acceptors (Lipinski definition) is 11. The number of aliphatic imine (C=N–C) groups is 1. The fraction of sp³-hybridized carbons (Fsp3) is 0.292. The predicted molar refractivity (Wildman–Crippen MR) is 334 cm³/mol. The first-order valence-corrected chi connectivity index (χ1v) is 29.0. The molecule has 428 valence electrons. The molecular formula is C65H72Br2N8O7. The molecule has 0 radical (unpaired) electrons. The zero-order valence-electron chi connectivity index (χ0n) is 47.5. The number of anilines is 3. The van der Waals surface area contributed by atoms with E-state index < -0.39 is 6.03 Å². The third-order valence-corrected chi connectivity index (χ3v) is 15.2. The molecule has 2 aliphatic rings. The number of nitrogen functional groups attached to an aromatic ring is 1. The molecule has 2 heterocycles. The summed E-state index contributed by atoms with van der Waals surface area (Å²) in [7, 11) is 1.67. The number of isocyanates is 1. The lowest BCUT2D eigenvalue weighted by atomic mass is 10.1. The van der Waals surface area contributed by atoms with Gasteiger partial charge in [-0.25, -0.2) is 9.59 Å². The van der Waals surface area contributed by atoms with Crippen molar-refractivity contribution in [3.8, 4) is 28.7 Å². The lowest BCUT2D eigenvalue weighted by Gasteiger charge is -2.27. The second-order valence-corrected chi connectivity index (χ2v) is 22.2. The number of methoxy groups -OCH3 is 1. The van der Waals surface area contributed by atoms with E-state index in [1.165, 1.54) is 37.3 Å². The number of nitrogens with two attached hydrogens (primary N) is 1. The number of hydrogen-bond donors (Lipinski definition) is 4. The Balaban J connectivity index is 0.000000202. The van der Waals surface area contributed by atoms with Crippen molar-refractivity contribution >= 4 is 78.5 Å². The number of urea groups is 1. The molecule has 17 heteroatoms. The molecule has 2 saturated heterocycles. The molecule has 0 spiro atoms. The highest BCUT2D eigenvalue weighted by Gasteiger charge is 2.22. The highest BCUT2D eigenvalue weighted by Crippen LogP contribution is 2.33. The first kappa shape index (κ1) is 61.8. The number of carbonyl (C=O) groups is 3. The standard InChI is InChI=1S/C30H37N3O3.C28H31BrN4O3.C7H4BrNO/c1-21-7-9-25(29(17-21)35-4)20-33(16-15-32-13-5-6-14-32)30(34)24-10-12-28(27(31)19-24)36-26-11-8-22(2)23(3)18-26;1-19-5-11-24(17-20(19)2)36-26-12-6-21(27(34)30-13-16-33-14-3-4-15-33)18-25(26)32-28(35)31-23-9-7-22(29)8-10-23;8-6-1-3-7(4-2-6)9-5-10/h7-12,17-19H,5-6,13-16,20,31H2,1-4H3;5-12,17-18H,3-4,13-16H2,1-2H3,(H,30,34)(H2,31,32,35);1-4H. The minimum atomic E-state index is -0.436.